The monoisotopic (exact) mass is 244 g/mol. The molecule has 0 saturated carbocycles. The molecule has 0 spiro atoms. The first kappa shape index (κ1) is 12.4. The third-order valence-corrected chi connectivity index (χ3v) is 3.26. The standard InChI is InChI=1S/C14H16N2O2/c1-4-16-10(3)13(8-15-16)11-6-5-7-12(9(11)2)14(17)18/h5-8H,4H2,1-3H3,(H,17,18). The Bertz CT molecular complexity index is 600. The predicted octanol–water partition coefficient (Wildman–Crippen LogP) is 2.89. The normalized spacial score (nSPS) is 10.6. The van der Waals surface area contributed by atoms with E-state index in [-0.39, 0.29) is 0 Å². The van der Waals surface area contributed by atoms with Crippen molar-refractivity contribution in [2.45, 2.75) is 27.3 Å². The van der Waals surface area contributed by atoms with E-state index in [1.807, 2.05) is 31.5 Å². The van der Waals surface area contributed by atoms with Crippen LogP contribution in [0.15, 0.2) is 24.4 Å². The maximum absolute atomic E-state index is 11.1. The maximum Gasteiger partial charge on any atom is 0.335 e. The van der Waals surface area contributed by atoms with Crippen LogP contribution < -0.4 is 0 Å². The highest BCUT2D eigenvalue weighted by molar-refractivity contribution is 5.92. The van der Waals surface area contributed by atoms with Crippen molar-refractivity contribution in [1.82, 2.24) is 9.78 Å². The highest BCUT2D eigenvalue weighted by Gasteiger charge is 2.14. The summed E-state index contributed by atoms with van der Waals surface area (Å²) in [5.41, 5.74) is 4.12. The van der Waals surface area contributed by atoms with Crippen molar-refractivity contribution in [3.63, 3.8) is 0 Å². The summed E-state index contributed by atoms with van der Waals surface area (Å²) in [4.78, 5) is 11.1. The number of aromatic nitrogens is 2. The molecule has 2 rings (SSSR count). The molecule has 0 amide bonds. The van der Waals surface area contributed by atoms with Gasteiger partial charge in [-0.3, -0.25) is 4.68 Å². The lowest BCUT2D eigenvalue weighted by Crippen LogP contribution is -2.01. The van der Waals surface area contributed by atoms with Crippen LogP contribution in [0.5, 0.6) is 0 Å². The van der Waals surface area contributed by atoms with E-state index in [0.29, 0.717) is 5.56 Å². The van der Waals surface area contributed by atoms with Crippen LogP contribution in [0.1, 0.15) is 28.5 Å². The number of rotatable bonds is 3. The number of benzene rings is 1. The lowest BCUT2D eigenvalue weighted by molar-refractivity contribution is 0.0696. The van der Waals surface area contributed by atoms with Crippen LogP contribution in [-0.4, -0.2) is 20.9 Å². The number of aromatic carboxylic acids is 1. The SMILES string of the molecule is CCn1ncc(-c2cccc(C(=O)O)c2C)c1C. The van der Waals surface area contributed by atoms with E-state index in [2.05, 4.69) is 5.10 Å². The third kappa shape index (κ3) is 1.90. The van der Waals surface area contributed by atoms with Gasteiger partial charge in [0.25, 0.3) is 0 Å². The van der Waals surface area contributed by atoms with Crippen molar-refractivity contribution < 1.29 is 9.90 Å². The van der Waals surface area contributed by atoms with Crippen molar-refractivity contribution in [3.8, 4) is 11.1 Å². The van der Waals surface area contributed by atoms with Crippen molar-refractivity contribution in [1.29, 1.82) is 0 Å². The molecule has 0 aliphatic heterocycles. The second-order valence-corrected chi connectivity index (χ2v) is 4.24. The molecule has 4 nitrogen and oxygen atoms in total. The molecule has 1 heterocycles. The van der Waals surface area contributed by atoms with Crippen molar-refractivity contribution in [3.05, 3.63) is 41.2 Å². The molecule has 1 aromatic heterocycles. The van der Waals surface area contributed by atoms with E-state index >= 15 is 0 Å². The average Bonchev–Trinajstić information content (AvgIpc) is 2.70. The first-order chi connectivity index (χ1) is 8.56. The molecule has 0 aliphatic rings. The highest BCUT2D eigenvalue weighted by Crippen LogP contribution is 2.28. The lowest BCUT2D eigenvalue weighted by atomic mass is 9.97. The molecule has 0 atom stereocenters. The summed E-state index contributed by atoms with van der Waals surface area (Å²) in [5, 5.41) is 13.4. The third-order valence-electron chi connectivity index (χ3n) is 3.26. The molecule has 0 unspecified atom stereocenters. The summed E-state index contributed by atoms with van der Waals surface area (Å²) in [7, 11) is 0. The van der Waals surface area contributed by atoms with Crippen molar-refractivity contribution >= 4 is 5.97 Å². The Hall–Kier alpha value is -2.10. The quantitative estimate of drug-likeness (QED) is 0.903. The second kappa shape index (κ2) is 4.64. The van der Waals surface area contributed by atoms with Gasteiger partial charge in [-0.2, -0.15) is 5.10 Å². The minimum atomic E-state index is -0.894. The van der Waals surface area contributed by atoms with E-state index in [1.165, 1.54) is 0 Å². The lowest BCUT2D eigenvalue weighted by Gasteiger charge is -2.08. The molecule has 0 fully saturated rings. The van der Waals surface area contributed by atoms with Crippen LogP contribution in [0.25, 0.3) is 11.1 Å². The Labute approximate surface area is 106 Å². The van der Waals surface area contributed by atoms with Crippen molar-refractivity contribution in [2.24, 2.45) is 0 Å². The Balaban J connectivity index is 2.61. The molecule has 94 valence electrons. The van der Waals surface area contributed by atoms with Gasteiger partial charge in [0, 0.05) is 17.8 Å². The van der Waals surface area contributed by atoms with E-state index in [0.717, 1.165) is 28.9 Å². The Morgan fingerprint density at radius 3 is 2.61 bits per heavy atom. The van der Waals surface area contributed by atoms with Crippen LogP contribution in [-0.2, 0) is 6.54 Å². The van der Waals surface area contributed by atoms with Gasteiger partial charge in [0.05, 0.1) is 11.8 Å². The first-order valence-electron chi connectivity index (χ1n) is 5.92. The second-order valence-electron chi connectivity index (χ2n) is 4.24. The van der Waals surface area contributed by atoms with Gasteiger partial charge in [-0.25, -0.2) is 4.79 Å². The van der Waals surface area contributed by atoms with Crippen LogP contribution in [0.2, 0.25) is 0 Å². The van der Waals surface area contributed by atoms with Crippen LogP contribution in [0.3, 0.4) is 0 Å². The molecular weight excluding hydrogens is 228 g/mol. The highest BCUT2D eigenvalue weighted by atomic mass is 16.4. The molecule has 4 heteroatoms. The number of hydrogen-bond acceptors (Lipinski definition) is 2. The van der Waals surface area contributed by atoms with Gasteiger partial charge in [0.15, 0.2) is 0 Å². The van der Waals surface area contributed by atoms with Crippen LogP contribution in [0.4, 0.5) is 0 Å². The van der Waals surface area contributed by atoms with Gasteiger partial charge < -0.3 is 5.11 Å². The minimum Gasteiger partial charge on any atom is -0.478 e. The molecule has 0 saturated heterocycles. The molecule has 0 aliphatic carbocycles. The fourth-order valence-electron chi connectivity index (χ4n) is 2.19. The van der Waals surface area contributed by atoms with Gasteiger partial charge in [0.1, 0.15) is 0 Å². The number of carbonyl (C=O) groups is 1. The summed E-state index contributed by atoms with van der Waals surface area (Å²) < 4.78 is 1.90. The van der Waals surface area contributed by atoms with E-state index < -0.39 is 5.97 Å². The fraction of sp³-hybridized carbons (Fsp3) is 0.286. The van der Waals surface area contributed by atoms with Gasteiger partial charge >= 0.3 is 5.97 Å². The zero-order valence-electron chi connectivity index (χ0n) is 10.8. The van der Waals surface area contributed by atoms with Gasteiger partial charge in [-0.1, -0.05) is 12.1 Å². The summed E-state index contributed by atoms with van der Waals surface area (Å²) in [6.45, 7) is 6.67. The molecule has 1 N–H and O–H groups in total. The maximum atomic E-state index is 11.1. The topological polar surface area (TPSA) is 55.1 Å². The van der Waals surface area contributed by atoms with Crippen LogP contribution >= 0.6 is 0 Å². The summed E-state index contributed by atoms with van der Waals surface area (Å²) in [5.74, 6) is -0.894. The Morgan fingerprint density at radius 2 is 2.06 bits per heavy atom. The molecule has 18 heavy (non-hydrogen) atoms. The van der Waals surface area contributed by atoms with E-state index in [1.54, 1.807) is 18.3 Å². The summed E-state index contributed by atoms with van der Waals surface area (Å²) in [6, 6.07) is 5.33. The zero-order chi connectivity index (χ0) is 13.3. The molecule has 0 radical (unpaired) electrons. The molecule has 0 bridgehead atoms. The number of carboxylic acids is 1. The number of hydrogen-bond donors (Lipinski definition) is 1. The summed E-state index contributed by atoms with van der Waals surface area (Å²) >= 11 is 0. The molecule has 2 aromatic rings. The average molecular weight is 244 g/mol. The van der Waals surface area contributed by atoms with Gasteiger partial charge in [-0.15, -0.1) is 0 Å². The zero-order valence-corrected chi connectivity index (χ0v) is 10.8. The van der Waals surface area contributed by atoms with E-state index in [9.17, 15) is 4.79 Å². The molecular formula is C14H16N2O2. The Kier molecular flexibility index (Phi) is 3.19. The number of aryl methyl sites for hydroxylation is 1. The number of carboxylic acid groups (broad SMARTS) is 1. The van der Waals surface area contributed by atoms with E-state index in [4.69, 9.17) is 5.11 Å². The smallest absolute Gasteiger partial charge is 0.335 e. The van der Waals surface area contributed by atoms with Gasteiger partial charge in [-0.05, 0) is 38.0 Å². The van der Waals surface area contributed by atoms with Crippen LogP contribution in [0, 0.1) is 13.8 Å². The Morgan fingerprint density at radius 1 is 1.33 bits per heavy atom. The molecule has 1 aromatic carbocycles. The number of nitrogens with zero attached hydrogens (tertiary/aromatic N) is 2. The van der Waals surface area contributed by atoms with Crippen molar-refractivity contribution in [2.75, 3.05) is 0 Å². The minimum absolute atomic E-state index is 0.344. The fourth-order valence-corrected chi connectivity index (χ4v) is 2.19. The summed E-state index contributed by atoms with van der Waals surface area (Å²) in [6.07, 6.45) is 1.80. The predicted molar refractivity (Wildman–Crippen MR) is 69.8 cm³/mol. The first-order valence-corrected chi connectivity index (χ1v) is 5.92. The largest absolute Gasteiger partial charge is 0.478 e. The van der Waals surface area contributed by atoms with Gasteiger partial charge in [0.2, 0.25) is 0 Å².